The largest absolute Gasteiger partial charge is 0.350 e. The van der Waals surface area contributed by atoms with Crippen molar-refractivity contribution in [1.29, 1.82) is 0 Å². The van der Waals surface area contributed by atoms with E-state index in [1.165, 1.54) is 0 Å². The number of ether oxygens (including phenoxy) is 1. The van der Waals surface area contributed by atoms with Crippen LogP contribution in [0.4, 0.5) is 0 Å². The summed E-state index contributed by atoms with van der Waals surface area (Å²) in [6.07, 6.45) is 0.286. The summed E-state index contributed by atoms with van der Waals surface area (Å²) >= 11 is 0. The molecule has 1 atom stereocenters. The van der Waals surface area contributed by atoms with Crippen LogP contribution >= 0.6 is 0 Å². The standard InChI is InChI=1S/C7H17NO4S/c1-7(12-13(4,9)10)11-6-5-8(2)3/h7H,5-6H2,1-4H3. The first kappa shape index (κ1) is 12.8. The predicted molar refractivity (Wildman–Crippen MR) is 49.9 cm³/mol. The topological polar surface area (TPSA) is 55.8 Å². The maximum Gasteiger partial charge on any atom is 0.266 e. The highest BCUT2D eigenvalue weighted by atomic mass is 32.2. The smallest absolute Gasteiger partial charge is 0.266 e. The Balaban J connectivity index is 3.58. The molecule has 0 fully saturated rings. The fourth-order valence-electron chi connectivity index (χ4n) is 0.675. The van der Waals surface area contributed by atoms with Crippen LogP contribution in [0.25, 0.3) is 0 Å². The van der Waals surface area contributed by atoms with Crippen molar-refractivity contribution in [2.24, 2.45) is 0 Å². The summed E-state index contributed by atoms with van der Waals surface area (Å²) < 4.78 is 30.9. The molecular formula is C7H17NO4S. The summed E-state index contributed by atoms with van der Waals surface area (Å²) in [5, 5.41) is 0. The van der Waals surface area contributed by atoms with Gasteiger partial charge in [0.05, 0.1) is 12.9 Å². The highest BCUT2D eigenvalue weighted by molar-refractivity contribution is 7.86. The third-order valence-electron chi connectivity index (χ3n) is 1.20. The lowest BCUT2D eigenvalue weighted by Crippen LogP contribution is -2.23. The molecule has 0 N–H and O–H groups in total. The first-order valence-electron chi connectivity index (χ1n) is 3.96. The quantitative estimate of drug-likeness (QED) is 0.453. The number of nitrogens with zero attached hydrogens (tertiary/aromatic N) is 1. The first-order chi connectivity index (χ1) is 5.81. The van der Waals surface area contributed by atoms with Crippen molar-refractivity contribution in [3.63, 3.8) is 0 Å². The molecule has 5 nitrogen and oxygen atoms in total. The molecule has 0 aromatic rings. The van der Waals surface area contributed by atoms with Crippen molar-refractivity contribution >= 4 is 10.1 Å². The van der Waals surface area contributed by atoms with Crippen LogP contribution in [0.1, 0.15) is 6.92 Å². The van der Waals surface area contributed by atoms with Gasteiger partial charge >= 0.3 is 0 Å². The van der Waals surface area contributed by atoms with Gasteiger partial charge in [-0.25, -0.2) is 4.18 Å². The van der Waals surface area contributed by atoms with E-state index in [1.54, 1.807) is 6.92 Å². The minimum Gasteiger partial charge on any atom is -0.350 e. The Hall–Kier alpha value is -0.170. The SMILES string of the molecule is CC(OCCN(C)C)OS(C)(=O)=O. The number of likely N-dealkylation sites (N-methyl/N-ethyl adjacent to an activating group) is 1. The average Bonchev–Trinajstić information content (AvgIpc) is 1.81. The second kappa shape index (κ2) is 5.54. The van der Waals surface area contributed by atoms with Crippen LogP contribution in [0.5, 0.6) is 0 Å². The Morgan fingerprint density at radius 3 is 2.31 bits per heavy atom. The molecule has 0 amide bonds. The molecule has 0 aromatic carbocycles. The Kier molecular flexibility index (Phi) is 5.46. The third-order valence-corrected chi connectivity index (χ3v) is 1.82. The van der Waals surface area contributed by atoms with Gasteiger partial charge in [0.1, 0.15) is 0 Å². The zero-order valence-electron chi connectivity index (χ0n) is 8.48. The average molecular weight is 211 g/mol. The second-order valence-corrected chi connectivity index (χ2v) is 4.64. The van der Waals surface area contributed by atoms with Crippen LogP contribution in [-0.4, -0.2) is 53.1 Å². The van der Waals surface area contributed by atoms with Crippen molar-refractivity contribution in [3.8, 4) is 0 Å². The van der Waals surface area contributed by atoms with E-state index in [1.807, 2.05) is 19.0 Å². The second-order valence-electron chi connectivity index (χ2n) is 3.04. The first-order valence-corrected chi connectivity index (χ1v) is 5.77. The van der Waals surface area contributed by atoms with Gasteiger partial charge in [0.15, 0.2) is 6.29 Å². The van der Waals surface area contributed by atoms with E-state index < -0.39 is 16.4 Å². The van der Waals surface area contributed by atoms with E-state index >= 15 is 0 Å². The van der Waals surface area contributed by atoms with Crippen LogP contribution in [0.3, 0.4) is 0 Å². The molecule has 0 aliphatic rings. The van der Waals surface area contributed by atoms with Crippen LogP contribution < -0.4 is 0 Å². The van der Waals surface area contributed by atoms with Gasteiger partial charge in [-0.1, -0.05) is 0 Å². The van der Waals surface area contributed by atoms with Gasteiger partial charge in [-0.15, -0.1) is 0 Å². The molecule has 0 rings (SSSR count). The van der Waals surface area contributed by atoms with Crippen LogP contribution in [0.2, 0.25) is 0 Å². The zero-order chi connectivity index (χ0) is 10.5. The maximum absolute atomic E-state index is 10.6. The highest BCUT2D eigenvalue weighted by Crippen LogP contribution is 1.98. The molecule has 0 aliphatic heterocycles. The van der Waals surface area contributed by atoms with Crippen LogP contribution in [0, 0.1) is 0 Å². The molecule has 0 spiro atoms. The van der Waals surface area contributed by atoms with Crippen molar-refractivity contribution < 1.29 is 17.3 Å². The Labute approximate surface area is 79.8 Å². The van der Waals surface area contributed by atoms with Crippen molar-refractivity contribution in [2.75, 3.05) is 33.5 Å². The van der Waals surface area contributed by atoms with Gasteiger partial charge in [-0.05, 0) is 21.0 Å². The monoisotopic (exact) mass is 211 g/mol. The van der Waals surface area contributed by atoms with Gasteiger partial charge in [-0.3, -0.25) is 0 Å². The molecule has 0 aliphatic carbocycles. The molecule has 0 bridgehead atoms. The summed E-state index contributed by atoms with van der Waals surface area (Å²) in [6, 6.07) is 0. The molecule has 1 unspecified atom stereocenters. The number of rotatable bonds is 6. The van der Waals surface area contributed by atoms with Gasteiger partial charge in [0, 0.05) is 6.54 Å². The highest BCUT2D eigenvalue weighted by Gasteiger charge is 2.09. The third kappa shape index (κ3) is 9.75. The molecule has 13 heavy (non-hydrogen) atoms. The predicted octanol–water partition coefficient (Wildman–Crippen LogP) is -0.113. The molecule has 0 saturated heterocycles. The Morgan fingerprint density at radius 2 is 1.92 bits per heavy atom. The van der Waals surface area contributed by atoms with E-state index in [0.717, 1.165) is 12.8 Å². The molecule has 0 heterocycles. The maximum atomic E-state index is 10.6. The lowest BCUT2D eigenvalue weighted by atomic mass is 10.6. The Morgan fingerprint density at radius 1 is 1.38 bits per heavy atom. The molecular weight excluding hydrogens is 194 g/mol. The van der Waals surface area contributed by atoms with E-state index in [2.05, 4.69) is 4.18 Å². The lowest BCUT2D eigenvalue weighted by Gasteiger charge is -2.14. The molecule has 80 valence electrons. The fraction of sp³-hybridized carbons (Fsp3) is 1.00. The minimum atomic E-state index is -3.41. The van der Waals surface area contributed by atoms with Crippen molar-refractivity contribution in [2.45, 2.75) is 13.2 Å². The van der Waals surface area contributed by atoms with Crippen molar-refractivity contribution in [3.05, 3.63) is 0 Å². The minimum absolute atomic E-state index is 0.448. The summed E-state index contributed by atoms with van der Waals surface area (Å²) in [5.74, 6) is 0. The number of hydrogen-bond donors (Lipinski definition) is 0. The van der Waals surface area contributed by atoms with Crippen molar-refractivity contribution in [1.82, 2.24) is 4.90 Å². The number of hydrogen-bond acceptors (Lipinski definition) is 5. The lowest BCUT2D eigenvalue weighted by molar-refractivity contribution is -0.0652. The van der Waals surface area contributed by atoms with E-state index in [9.17, 15) is 8.42 Å². The summed E-state index contributed by atoms with van der Waals surface area (Å²) in [6.45, 7) is 2.73. The van der Waals surface area contributed by atoms with Gasteiger partial charge in [0.25, 0.3) is 10.1 Å². The van der Waals surface area contributed by atoms with E-state index in [4.69, 9.17) is 4.74 Å². The van der Waals surface area contributed by atoms with Gasteiger partial charge < -0.3 is 9.64 Å². The Bertz CT molecular complexity index is 225. The molecule has 0 radical (unpaired) electrons. The van der Waals surface area contributed by atoms with Gasteiger partial charge in [-0.2, -0.15) is 8.42 Å². The molecule has 0 saturated carbocycles. The molecule has 0 aromatic heterocycles. The van der Waals surface area contributed by atoms with Crippen LogP contribution in [-0.2, 0) is 19.0 Å². The zero-order valence-corrected chi connectivity index (χ0v) is 9.30. The fourth-order valence-corrected chi connectivity index (χ4v) is 1.22. The summed E-state index contributed by atoms with van der Waals surface area (Å²) in [5.41, 5.74) is 0. The normalized spacial score (nSPS) is 14.8. The summed E-state index contributed by atoms with van der Waals surface area (Å²) in [4.78, 5) is 1.94. The summed E-state index contributed by atoms with van der Waals surface area (Å²) in [7, 11) is 0.404. The van der Waals surface area contributed by atoms with E-state index in [-0.39, 0.29) is 0 Å². The van der Waals surface area contributed by atoms with Crippen LogP contribution in [0.15, 0.2) is 0 Å². The molecule has 6 heteroatoms. The van der Waals surface area contributed by atoms with E-state index in [0.29, 0.717) is 6.61 Å². The van der Waals surface area contributed by atoms with Gasteiger partial charge in [0.2, 0.25) is 0 Å².